The molecule has 3 unspecified atom stereocenters. The summed E-state index contributed by atoms with van der Waals surface area (Å²) in [6.07, 6.45) is 5.77. The van der Waals surface area contributed by atoms with Crippen molar-refractivity contribution in [1.29, 1.82) is 0 Å². The molecule has 1 aromatic carbocycles. The molecule has 1 aliphatic heterocycles. The zero-order valence-electron chi connectivity index (χ0n) is 12.7. The van der Waals surface area contributed by atoms with Gasteiger partial charge in [-0.25, -0.2) is 4.39 Å². The minimum Gasteiger partial charge on any atom is -0.326 e. The van der Waals surface area contributed by atoms with Gasteiger partial charge in [-0.3, -0.25) is 4.90 Å². The van der Waals surface area contributed by atoms with Crippen molar-refractivity contribution in [3.63, 3.8) is 0 Å². The third-order valence-electron chi connectivity index (χ3n) is 4.56. The lowest BCUT2D eigenvalue weighted by Gasteiger charge is -2.39. The molecule has 1 aromatic rings. The minimum absolute atomic E-state index is 0.00528. The highest BCUT2D eigenvalue weighted by molar-refractivity contribution is 5.23. The molecule has 2 rings (SSSR count). The van der Waals surface area contributed by atoms with Crippen LogP contribution < -0.4 is 5.73 Å². The molecular weight excluding hydrogens is 251 g/mol. The quantitative estimate of drug-likeness (QED) is 0.906. The third-order valence-corrected chi connectivity index (χ3v) is 4.56. The fourth-order valence-corrected chi connectivity index (χ4v) is 3.30. The fraction of sp³-hybridized carbons (Fsp3) is 0.647. The first-order chi connectivity index (χ1) is 9.65. The van der Waals surface area contributed by atoms with Crippen LogP contribution in [-0.2, 0) is 0 Å². The van der Waals surface area contributed by atoms with Crippen LogP contribution in [0.15, 0.2) is 24.3 Å². The van der Waals surface area contributed by atoms with Crippen LogP contribution in [0.2, 0.25) is 0 Å². The van der Waals surface area contributed by atoms with E-state index < -0.39 is 0 Å². The van der Waals surface area contributed by atoms with Crippen molar-refractivity contribution in [2.24, 2.45) is 5.73 Å². The van der Waals surface area contributed by atoms with E-state index in [1.165, 1.54) is 25.7 Å². The molecule has 2 N–H and O–H groups in total. The smallest absolute Gasteiger partial charge is 0.128 e. The molecule has 0 saturated carbocycles. The molecule has 0 aromatic heterocycles. The SMILES string of the molecule is CCC(N)C(c1ccccc1F)N1CCCCCC1C. The van der Waals surface area contributed by atoms with Gasteiger partial charge in [-0.2, -0.15) is 0 Å². The molecule has 1 saturated heterocycles. The first-order valence-corrected chi connectivity index (χ1v) is 7.91. The number of hydrogen-bond donors (Lipinski definition) is 1. The van der Waals surface area contributed by atoms with Crippen molar-refractivity contribution < 1.29 is 4.39 Å². The van der Waals surface area contributed by atoms with Crippen LogP contribution in [0.3, 0.4) is 0 Å². The predicted octanol–water partition coefficient (Wildman–Crippen LogP) is 3.87. The topological polar surface area (TPSA) is 29.3 Å². The number of nitrogens with zero attached hydrogens (tertiary/aromatic N) is 1. The number of nitrogens with two attached hydrogens (primary N) is 1. The van der Waals surface area contributed by atoms with Gasteiger partial charge in [0.1, 0.15) is 5.82 Å². The van der Waals surface area contributed by atoms with Gasteiger partial charge >= 0.3 is 0 Å². The van der Waals surface area contributed by atoms with Gasteiger partial charge in [0.2, 0.25) is 0 Å². The fourth-order valence-electron chi connectivity index (χ4n) is 3.30. The predicted molar refractivity (Wildman–Crippen MR) is 82.0 cm³/mol. The van der Waals surface area contributed by atoms with E-state index in [0.29, 0.717) is 6.04 Å². The Balaban J connectivity index is 2.34. The van der Waals surface area contributed by atoms with Gasteiger partial charge in [-0.05, 0) is 38.8 Å². The van der Waals surface area contributed by atoms with E-state index in [0.717, 1.165) is 18.5 Å². The van der Waals surface area contributed by atoms with Crippen molar-refractivity contribution in [2.45, 2.75) is 64.1 Å². The number of benzene rings is 1. The Labute approximate surface area is 122 Å². The normalized spacial score (nSPS) is 24.1. The van der Waals surface area contributed by atoms with Gasteiger partial charge in [0.25, 0.3) is 0 Å². The second-order valence-corrected chi connectivity index (χ2v) is 5.97. The molecule has 0 aliphatic carbocycles. The van der Waals surface area contributed by atoms with Gasteiger partial charge in [0.15, 0.2) is 0 Å². The van der Waals surface area contributed by atoms with Gasteiger partial charge in [-0.15, -0.1) is 0 Å². The standard InChI is InChI=1S/C17H27FN2/c1-3-16(19)17(14-10-6-7-11-15(14)18)20-12-8-4-5-9-13(20)2/h6-7,10-11,13,16-17H,3-5,8-9,12,19H2,1-2H3. The summed E-state index contributed by atoms with van der Waals surface area (Å²) < 4.78 is 14.2. The van der Waals surface area contributed by atoms with Gasteiger partial charge < -0.3 is 5.73 Å². The van der Waals surface area contributed by atoms with E-state index in [1.54, 1.807) is 12.1 Å². The molecule has 3 atom stereocenters. The molecule has 2 nitrogen and oxygen atoms in total. The summed E-state index contributed by atoms with van der Waals surface area (Å²) in [7, 11) is 0. The van der Waals surface area contributed by atoms with Crippen molar-refractivity contribution in [1.82, 2.24) is 4.90 Å². The third kappa shape index (κ3) is 3.39. The highest BCUT2D eigenvalue weighted by Gasteiger charge is 2.31. The molecule has 20 heavy (non-hydrogen) atoms. The molecule has 112 valence electrons. The Kier molecular flexibility index (Phi) is 5.55. The summed E-state index contributed by atoms with van der Waals surface area (Å²) in [4.78, 5) is 2.43. The molecular formula is C17H27FN2. The van der Waals surface area contributed by atoms with E-state index in [4.69, 9.17) is 5.73 Å². The van der Waals surface area contributed by atoms with Crippen molar-refractivity contribution >= 4 is 0 Å². The van der Waals surface area contributed by atoms with Crippen LogP contribution in [0.5, 0.6) is 0 Å². The molecule has 1 aliphatic rings. The maximum absolute atomic E-state index is 14.2. The van der Waals surface area contributed by atoms with Gasteiger partial charge in [0, 0.05) is 17.6 Å². The number of likely N-dealkylation sites (tertiary alicyclic amines) is 1. The number of rotatable bonds is 4. The average Bonchev–Trinajstić information content (AvgIpc) is 2.66. The first kappa shape index (κ1) is 15.5. The Bertz CT molecular complexity index is 421. The Hall–Kier alpha value is -0.930. The van der Waals surface area contributed by atoms with Crippen LogP contribution in [0.25, 0.3) is 0 Å². The highest BCUT2D eigenvalue weighted by atomic mass is 19.1. The van der Waals surface area contributed by atoms with Gasteiger partial charge in [0.05, 0.1) is 6.04 Å². The van der Waals surface area contributed by atoms with Crippen molar-refractivity contribution in [3.05, 3.63) is 35.6 Å². The molecule has 0 spiro atoms. The van der Waals surface area contributed by atoms with Crippen LogP contribution in [-0.4, -0.2) is 23.5 Å². The summed E-state index contributed by atoms with van der Waals surface area (Å²) in [6.45, 7) is 5.36. The molecule has 3 heteroatoms. The monoisotopic (exact) mass is 278 g/mol. The van der Waals surface area contributed by atoms with Crippen LogP contribution in [0, 0.1) is 5.82 Å². The Morgan fingerprint density at radius 1 is 1.30 bits per heavy atom. The zero-order chi connectivity index (χ0) is 14.5. The van der Waals surface area contributed by atoms with Crippen molar-refractivity contribution in [3.8, 4) is 0 Å². The van der Waals surface area contributed by atoms with Crippen LogP contribution >= 0.6 is 0 Å². The summed E-state index contributed by atoms with van der Waals surface area (Å²) >= 11 is 0. The number of halogens is 1. The highest BCUT2D eigenvalue weighted by Crippen LogP contribution is 2.32. The lowest BCUT2D eigenvalue weighted by molar-refractivity contribution is 0.122. The summed E-state index contributed by atoms with van der Waals surface area (Å²) in [5.74, 6) is -0.127. The zero-order valence-corrected chi connectivity index (χ0v) is 12.7. The van der Waals surface area contributed by atoms with Crippen molar-refractivity contribution in [2.75, 3.05) is 6.54 Å². The Morgan fingerprint density at radius 2 is 2.05 bits per heavy atom. The molecule has 1 heterocycles. The van der Waals surface area contributed by atoms with E-state index >= 15 is 0 Å². The van der Waals surface area contributed by atoms with E-state index in [9.17, 15) is 4.39 Å². The number of hydrogen-bond acceptors (Lipinski definition) is 2. The van der Waals surface area contributed by atoms with Gasteiger partial charge in [-0.1, -0.05) is 38.0 Å². The summed E-state index contributed by atoms with van der Waals surface area (Å²) in [5, 5.41) is 0. The van der Waals surface area contributed by atoms with Crippen LogP contribution in [0.1, 0.15) is 57.6 Å². The lowest BCUT2D eigenvalue weighted by atomic mass is 9.94. The molecule has 0 radical (unpaired) electrons. The van der Waals surface area contributed by atoms with E-state index in [-0.39, 0.29) is 17.9 Å². The average molecular weight is 278 g/mol. The Morgan fingerprint density at radius 3 is 2.75 bits per heavy atom. The van der Waals surface area contributed by atoms with E-state index in [2.05, 4.69) is 18.7 Å². The molecule has 0 amide bonds. The maximum Gasteiger partial charge on any atom is 0.128 e. The lowest BCUT2D eigenvalue weighted by Crippen LogP contribution is -2.45. The first-order valence-electron chi connectivity index (χ1n) is 7.91. The largest absolute Gasteiger partial charge is 0.326 e. The molecule has 0 bridgehead atoms. The summed E-state index contributed by atoms with van der Waals surface area (Å²) in [6, 6.07) is 7.55. The second kappa shape index (κ2) is 7.19. The minimum atomic E-state index is -0.127. The van der Waals surface area contributed by atoms with E-state index in [1.807, 2.05) is 12.1 Å². The maximum atomic E-state index is 14.2. The summed E-state index contributed by atoms with van der Waals surface area (Å²) in [5.41, 5.74) is 7.11. The molecule has 1 fully saturated rings. The second-order valence-electron chi connectivity index (χ2n) is 5.97. The van der Waals surface area contributed by atoms with Crippen LogP contribution in [0.4, 0.5) is 4.39 Å².